The van der Waals surface area contributed by atoms with Crippen LogP contribution in [0.2, 0.25) is 0 Å². The Balaban J connectivity index is 3.47. The normalized spacial score (nSPS) is 12.6. The van der Waals surface area contributed by atoms with Crippen LogP contribution in [0.15, 0.2) is 12.2 Å². The summed E-state index contributed by atoms with van der Waals surface area (Å²) in [6, 6.07) is -0.553. The van der Waals surface area contributed by atoms with Gasteiger partial charge < -0.3 is 20.3 Å². The fourth-order valence-corrected chi connectivity index (χ4v) is 9.28. The molecule has 1 amide bonds. The largest absolute Gasteiger partial charge is 0.466 e. The van der Waals surface area contributed by atoms with Crippen LogP contribution in [-0.4, -0.2) is 47.4 Å². The predicted octanol–water partition coefficient (Wildman–Crippen LogP) is 18.1. The van der Waals surface area contributed by atoms with E-state index in [1.54, 1.807) is 0 Å². The Hall–Kier alpha value is -1.40. The predicted molar refractivity (Wildman–Crippen MR) is 283 cm³/mol. The first-order valence-corrected chi connectivity index (χ1v) is 29.4. The van der Waals surface area contributed by atoms with Crippen molar-refractivity contribution in [2.45, 2.75) is 341 Å². The molecule has 2 atom stereocenters. The summed E-state index contributed by atoms with van der Waals surface area (Å²) in [6.45, 7) is 4.94. The van der Waals surface area contributed by atoms with Gasteiger partial charge in [0.25, 0.3) is 0 Å². The molecule has 6 heteroatoms. The van der Waals surface area contributed by atoms with Crippen molar-refractivity contribution in [2.24, 2.45) is 0 Å². The molecule has 0 saturated heterocycles. The number of carbonyl (C=O) groups excluding carboxylic acids is 2. The smallest absolute Gasteiger partial charge is 0.305 e. The second-order valence-electron chi connectivity index (χ2n) is 20.3. The first-order chi connectivity index (χ1) is 32.0. The van der Waals surface area contributed by atoms with E-state index in [4.69, 9.17) is 4.74 Å². The molecule has 0 aromatic heterocycles. The molecule has 65 heavy (non-hydrogen) atoms. The summed E-state index contributed by atoms with van der Waals surface area (Å²) in [5.41, 5.74) is 0. The average Bonchev–Trinajstić information content (AvgIpc) is 3.31. The minimum absolute atomic E-state index is 0.00949. The van der Waals surface area contributed by atoms with Crippen molar-refractivity contribution in [3.63, 3.8) is 0 Å². The lowest BCUT2D eigenvalue weighted by Gasteiger charge is -2.22. The Morgan fingerprint density at radius 2 is 0.723 bits per heavy atom. The Kier molecular flexibility index (Phi) is 54.0. The van der Waals surface area contributed by atoms with Gasteiger partial charge in [0.2, 0.25) is 5.91 Å². The van der Waals surface area contributed by atoms with E-state index in [-0.39, 0.29) is 18.5 Å². The third-order valence-corrected chi connectivity index (χ3v) is 13.8. The molecule has 6 nitrogen and oxygen atoms in total. The summed E-state index contributed by atoms with van der Waals surface area (Å²) in [4.78, 5) is 24.5. The van der Waals surface area contributed by atoms with Crippen LogP contribution < -0.4 is 5.32 Å². The summed E-state index contributed by atoms with van der Waals surface area (Å²) < 4.78 is 5.44. The van der Waals surface area contributed by atoms with Crippen molar-refractivity contribution < 1.29 is 24.5 Å². The van der Waals surface area contributed by atoms with Crippen LogP contribution >= 0.6 is 0 Å². The first-order valence-electron chi connectivity index (χ1n) is 29.4. The number of carbonyl (C=O) groups is 2. The molecule has 0 spiro atoms. The van der Waals surface area contributed by atoms with Gasteiger partial charge in [-0.3, -0.25) is 9.59 Å². The number of amides is 1. The summed E-state index contributed by atoms with van der Waals surface area (Å²) in [5, 5.41) is 23.3. The lowest BCUT2D eigenvalue weighted by molar-refractivity contribution is -0.143. The molecule has 386 valence electrons. The van der Waals surface area contributed by atoms with Crippen LogP contribution in [0.25, 0.3) is 0 Å². The second-order valence-corrected chi connectivity index (χ2v) is 20.3. The maximum absolute atomic E-state index is 12.5. The van der Waals surface area contributed by atoms with Gasteiger partial charge in [-0.1, -0.05) is 276 Å². The van der Waals surface area contributed by atoms with Gasteiger partial charge in [-0.05, 0) is 51.4 Å². The van der Waals surface area contributed by atoms with Gasteiger partial charge in [0.1, 0.15) is 0 Å². The number of ether oxygens (including phenoxy) is 1. The van der Waals surface area contributed by atoms with Crippen LogP contribution in [0.3, 0.4) is 0 Å². The number of aliphatic hydroxyl groups excluding tert-OH is 2. The van der Waals surface area contributed by atoms with E-state index in [0.29, 0.717) is 25.9 Å². The molecule has 0 aliphatic rings. The van der Waals surface area contributed by atoms with E-state index in [1.807, 2.05) is 0 Å². The molecule has 0 fully saturated rings. The SMILES string of the molecule is CCCCCCCCCCCCCCCCCCCCCCCCC(O)C(CO)NC(=O)CCCCCCCCC/C=C\CCCCCCOC(=O)CCCCCCCCCCCCC. The van der Waals surface area contributed by atoms with Crippen LogP contribution in [0.5, 0.6) is 0 Å². The number of hydrogen-bond acceptors (Lipinski definition) is 5. The molecule has 0 aromatic carbocycles. The van der Waals surface area contributed by atoms with Gasteiger partial charge in [-0.25, -0.2) is 0 Å². The maximum atomic E-state index is 12.5. The molecular weight excluding hydrogens is 803 g/mol. The van der Waals surface area contributed by atoms with Crippen molar-refractivity contribution in [3.8, 4) is 0 Å². The molecule has 0 aliphatic carbocycles. The highest BCUT2D eigenvalue weighted by molar-refractivity contribution is 5.76. The summed E-state index contributed by atoms with van der Waals surface area (Å²) in [7, 11) is 0. The molecule has 0 radical (unpaired) electrons. The highest BCUT2D eigenvalue weighted by atomic mass is 16.5. The number of unbranched alkanes of at least 4 members (excludes halogenated alkanes) is 42. The highest BCUT2D eigenvalue weighted by Gasteiger charge is 2.20. The standard InChI is InChI=1S/C59H115NO5/c1-3-5-7-9-11-13-15-16-17-18-19-20-21-22-23-25-28-32-35-39-43-47-51-57(62)56(55-61)60-58(63)52-48-44-40-36-33-29-26-24-27-30-34-38-42-46-50-54-65-59(64)53-49-45-41-37-31-14-12-10-8-6-4-2/h27,30,56-57,61-62H,3-26,28-29,31-55H2,1-2H3,(H,60,63)/b30-27-. The second kappa shape index (κ2) is 55.2. The third kappa shape index (κ3) is 51.8. The average molecular weight is 919 g/mol. The molecule has 2 unspecified atom stereocenters. The highest BCUT2D eigenvalue weighted by Crippen LogP contribution is 2.18. The van der Waals surface area contributed by atoms with E-state index in [0.717, 1.165) is 70.6 Å². The zero-order valence-electron chi connectivity index (χ0n) is 44.0. The number of esters is 1. The Morgan fingerprint density at radius 3 is 1.09 bits per heavy atom. The minimum Gasteiger partial charge on any atom is -0.466 e. The summed E-state index contributed by atoms with van der Waals surface area (Å²) >= 11 is 0. The van der Waals surface area contributed by atoms with Crippen LogP contribution in [0, 0.1) is 0 Å². The number of aliphatic hydroxyl groups is 2. The summed E-state index contributed by atoms with van der Waals surface area (Å²) in [5.74, 6) is -0.0561. The fourth-order valence-electron chi connectivity index (χ4n) is 9.28. The van der Waals surface area contributed by atoms with Gasteiger partial charge in [0, 0.05) is 12.8 Å². The molecule has 0 bridgehead atoms. The number of allylic oxidation sites excluding steroid dienone is 2. The zero-order chi connectivity index (χ0) is 47.2. The Bertz CT molecular complexity index is 970. The lowest BCUT2D eigenvalue weighted by atomic mass is 10.0. The fraction of sp³-hybridized carbons (Fsp3) is 0.932. The van der Waals surface area contributed by atoms with Crippen molar-refractivity contribution in [1.29, 1.82) is 0 Å². The quantitative estimate of drug-likeness (QED) is 0.0321. The number of rotatable bonds is 55. The van der Waals surface area contributed by atoms with E-state index >= 15 is 0 Å². The van der Waals surface area contributed by atoms with Gasteiger partial charge in [-0.2, -0.15) is 0 Å². The van der Waals surface area contributed by atoms with Gasteiger partial charge in [0.05, 0.1) is 25.4 Å². The van der Waals surface area contributed by atoms with E-state index in [9.17, 15) is 19.8 Å². The molecule has 0 aromatic rings. The molecule has 0 saturated carbocycles. The third-order valence-electron chi connectivity index (χ3n) is 13.8. The first kappa shape index (κ1) is 63.6. The van der Waals surface area contributed by atoms with Gasteiger partial charge in [0.15, 0.2) is 0 Å². The monoisotopic (exact) mass is 918 g/mol. The minimum atomic E-state index is -0.674. The van der Waals surface area contributed by atoms with E-state index in [1.165, 1.54) is 225 Å². The van der Waals surface area contributed by atoms with Crippen molar-refractivity contribution >= 4 is 11.9 Å². The Labute approximate surface area is 406 Å². The van der Waals surface area contributed by atoms with Gasteiger partial charge >= 0.3 is 5.97 Å². The molecule has 0 heterocycles. The maximum Gasteiger partial charge on any atom is 0.305 e. The lowest BCUT2D eigenvalue weighted by Crippen LogP contribution is -2.45. The van der Waals surface area contributed by atoms with E-state index < -0.39 is 12.1 Å². The number of hydrogen-bond donors (Lipinski definition) is 3. The van der Waals surface area contributed by atoms with Crippen molar-refractivity contribution in [2.75, 3.05) is 13.2 Å². The van der Waals surface area contributed by atoms with Crippen molar-refractivity contribution in [3.05, 3.63) is 12.2 Å². The van der Waals surface area contributed by atoms with Gasteiger partial charge in [-0.15, -0.1) is 0 Å². The summed E-state index contributed by atoms with van der Waals surface area (Å²) in [6.07, 6.45) is 64.9. The zero-order valence-corrected chi connectivity index (χ0v) is 44.0. The molecule has 0 aliphatic heterocycles. The van der Waals surface area contributed by atoms with Crippen LogP contribution in [-0.2, 0) is 14.3 Å². The van der Waals surface area contributed by atoms with Crippen LogP contribution in [0.1, 0.15) is 328 Å². The molecule has 3 N–H and O–H groups in total. The molecular formula is C59H115NO5. The molecule has 0 rings (SSSR count). The van der Waals surface area contributed by atoms with Crippen molar-refractivity contribution in [1.82, 2.24) is 5.32 Å². The van der Waals surface area contributed by atoms with E-state index in [2.05, 4.69) is 31.3 Å². The number of nitrogens with one attached hydrogen (secondary N) is 1. The Morgan fingerprint density at radius 1 is 0.415 bits per heavy atom. The topological polar surface area (TPSA) is 95.9 Å². The van der Waals surface area contributed by atoms with Crippen LogP contribution in [0.4, 0.5) is 0 Å².